The first-order chi connectivity index (χ1) is 23.2. The van der Waals surface area contributed by atoms with E-state index in [2.05, 4.69) is 27.2 Å². The van der Waals surface area contributed by atoms with E-state index in [-0.39, 0.29) is 27.3 Å². The summed E-state index contributed by atoms with van der Waals surface area (Å²) in [5.74, 6) is -0.335. The van der Waals surface area contributed by atoms with Crippen molar-refractivity contribution in [2.45, 2.75) is 87.6 Å². The molecule has 0 spiro atoms. The average Bonchev–Trinajstić information content (AvgIpc) is 3.68. The number of para-hydroxylation sites is 2. The van der Waals surface area contributed by atoms with Crippen LogP contribution in [-0.4, -0.2) is 36.8 Å². The fourth-order valence-electron chi connectivity index (χ4n) is 5.46. The van der Waals surface area contributed by atoms with Crippen molar-refractivity contribution in [3.05, 3.63) is 84.1 Å². The Kier molecular flexibility index (Phi) is 10.6. The molecule has 260 valence electrons. The predicted octanol–water partition coefficient (Wildman–Crippen LogP) is 10.4. The number of oxazole rings is 1. The van der Waals surface area contributed by atoms with Crippen LogP contribution in [0.2, 0.25) is 0 Å². The Hall–Kier alpha value is -4.52. The number of anilines is 1. The molecular formula is C36H41F3N6O3S. The first-order valence-electron chi connectivity index (χ1n) is 16.4. The highest BCUT2D eigenvalue weighted by Gasteiger charge is 2.38. The maximum atomic E-state index is 14.5. The van der Waals surface area contributed by atoms with Crippen LogP contribution in [0.15, 0.2) is 97.2 Å². The van der Waals surface area contributed by atoms with Gasteiger partial charge in [-0.2, -0.15) is 27.9 Å². The number of benzene rings is 3. The van der Waals surface area contributed by atoms with Crippen molar-refractivity contribution in [3.8, 4) is 6.01 Å². The van der Waals surface area contributed by atoms with E-state index in [4.69, 9.17) is 4.42 Å². The summed E-state index contributed by atoms with van der Waals surface area (Å²) in [4.78, 5) is 5.92. The molecule has 5 rings (SSSR count). The lowest BCUT2D eigenvalue weighted by Gasteiger charge is -2.21. The lowest BCUT2D eigenvalue weighted by Crippen LogP contribution is -2.19. The van der Waals surface area contributed by atoms with Crippen LogP contribution in [-0.2, 0) is 21.4 Å². The number of halogens is 3. The van der Waals surface area contributed by atoms with E-state index < -0.39 is 32.7 Å². The number of rotatable bonds is 13. The number of alkyl halides is 3. The van der Waals surface area contributed by atoms with Gasteiger partial charge in [-0.1, -0.05) is 90.1 Å². The van der Waals surface area contributed by atoms with Gasteiger partial charge in [0.15, 0.2) is 5.58 Å². The number of nitrogens with zero attached hydrogens (tertiary/aromatic N) is 6. The van der Waals surface area contributed by atoms with Crippen LogP contribution in [0, 0.1) is 0 Å². The molecule has 5 aromatic rings. The first-order valence-corrected chi connectivity index (χ1v) is 17.8. The van der Waals surface area contributed by atoms with Gasteiger partial charge in [0, 0.05) is 24.7 Å². The number of hydrogen-bond donors (Lipinski definition) is 0. The molecule has 0 unspecified atom stereocenters. The second kappa shape index (κ2) is 14.5. The van der Waals surface area contributed by atoms with E-state index in [9.17, 15) is 21.6 Å². The van der Waals surface area contributed by atoms with Crippen molar-refractivity contribution in [2.75, 3.05) is 18.5 Å². The van der Waals surface area contributed by atoms with Gasteiger partial charge in [0.05, 0.1) is 21.8 Å². The first kappa shape index (κ1) is 35.8. The van der Waals surface area contributed by atoms with E-state index >= 15 is 0 Å². The zero-order valence-electron chi connectivity index (χ0n) is 28.3. The molecule has 0 fully saturated rings. The van der Waals surface area contributed by atoms with Crippen molar-refractivity contribution < 1.29 is 26.0 Å². The minimum Gasteiger partial charge on any atom is -0.422 e. The second-order valence-electron chi connectivity index (χ2n) is 13.0. The molecular weight excluding hydrogens is 653 g/mol. The highest BCUT2D eigenvalue weighted by atomic mass is 32.2. The van der Waals surface area contributed by atoms with Gasteiger partial charge in [0.25, 0.3) is 0 Å². The number of unbranched alkanes of at least 4 members (excludes halogenated alkanes) is 5. The van der Waals surface area contributed by atoms with Gasteiger partial charge in [-0.25, -0.2) is 8.42 Å². The van der Waals surface area contributed by atoms with Gasteiger partial charge in [-0.3, -0.25) is 0 Å². The van der Waals surface area contributed by atoms with E-state index in [1.165, 1.54) is 24.6 Å². The standard InChI is InChI=1S/C36H41F3N6O3S/c1-6-7-8-9-10-16-23-44(5)25-21-22-28(27(24-25)36(37,38)39)41-42-33-31(49(46,47)26-17-12-11-13-18-26)32(35(2,3)4)43-45(33)34-40-29-19-14-15-20-30(29)48-34/h11-15,17-22,24H,6-10,16,23H2,1-5H3. The number of fused-ring (bicyclic) bond motifs is 1. The summed E-state index contributed by atoms with van der Waals surface area (Å²) < 4.78 is 79.0. The minimum atomic E-state index is -4.76. The zero-order chi connectivity index (χ0) is 35.4. The van der Waals surface area contributed by atoms with Gasteiger partial charge in [0.2, 0.25) is 15.7 Å². The number of hydrogen-bond acceptors (Lipinski definition) is 8. The molecule has 0 amide bonds. The van der Waals surface area contributed by atoms with Crippen molar-refractivity contribution in [1.82, 2.24) is 14.8 Å². The van der Waals surface area contributed by atoms with Gasteiger partial charge in [-0.05, 0) is 48.9 Å². The Balaban J connectivity index is 1.63. The number of aromatic nitrogens is 3. The van der Waals surface area contributed by atoms with Crippen molar-refractivity contribution in [2.24, 2.45) is 10.2 Å². The molecule has 49 heavy (non-hydrogen) atoms. The number of sulfone groups is 1. The summed E-state index contributed by atoms with van der Waals surface area (Å²) >= 11 is 0. The third kappa shape index (κ3) is 8.04. The summed E-state index contributed by atoms with van der Waals surface area (Å²) in [6.45, 7) is 8.08. The largest absolute Gasteiger partial charge is 0.422 e. The van der Waals surface area contributed by atoms with E-state index in [1.807, 2.05) is 0 Å². The van der Waals surface area contributed by atoms with Gasteiger partial charge in [0.1, 0.15) is 10.4 Å². The van der Waals surface area contributed by atoms with Crippen LogP contribution in [0.25, 0.3) is 17.1 Å². The molecule has 0 aliphatic carbocycles. The highest BCUT2D eigenvalue weighted by molar-refractivity contribution is 7.91. The second-order valence-corrected chi connectivity index (χ2v) is 14.9. The molecule has 0 saturated carbocycles. The topological polar surface area (TPSA) is 106 Å². The fourth-order valence-corrected chi connectivity index (χ4v) is 7.18. The van der Waals surface area contributed by atoms with Crippen molar-refractivity contribution in [3.63, 3.8) is 0 Å². The molecule has 13 heteroatoms. The molecule has 0 atom stereocenters. The van der Waals surface area contributed by atoms with Crippen LogP contribution in [0.3, 0.4) is 0 Å². The Bertz CT molecular complexity index is 2000. The lowest BCUT2D eigenvalue weighted by molar-refractivity contribution is -0.137. The molecule has 0 aliphatic rings. The van der Waals surface area contributed by atoms with Crippen LogP contribution in [0.4, 0.5) is 30.4 Å². The molecule has 0 N–H and O–H groups in total. The minimum absolute atomic E-state index is 0.0391. The zero-order valence-corrected chi connectivity index (χ0v) is 29.1. The summed E-state index contributed by atoms with van der Waals surface area (Å²) in [7, 11) is -2.55. The van der Waals surface area contributed by atoms with Crippen LogP contribution >= 0.6 is 0 Å². The Morgan fingerprint density at radius 2 is 1.55 bits per heavy atom. The molecule has 2 aromatic heterocycles. The lowest BCUT2D eigenvalue weighted by atomic mass is 9.92. The van der Waals surface area contributed by atoms with Crippen molar-refractivity contribution >= 4 is 38.1 Å². The summed E-state index contributed by atoms with van der Waals surface area (Å²) in [6, 6.07) is 18.3. The highest BCUT2D eigenvalue weighted by Crippen LogP contribution is 2.43. The molecule has 0 aliphatic heterocycles. The van der Waals surface area contributed by atoms with E-state index in [1.54, 1.807) is 81.2 Å². The molecule has 0 saturated heterocycles. The molecule has 3 aromatic carbocycles. The molecule has 0 bridgehead atoms. The Morgan fingerprint density at radius 1 is 0.878 bits per heavy atom. The van der Waals surface area contributed by atoms with Gasteiger partial charge in [-0.15, -0.1) is 10.2 Å². The molecule has 2 heterocycles. The van der Waals surface area contributed by atoms with Gasteiger partial charge < -0.3 is 9.32 Å². The maximum absolute atomic E-state index is 14.5. The quantitative estimate of drug-likeness (QED) is 0.0897. The molecule has 9 nitrogen and oxygen atoms in total. The third-order valence-electron chi connectivity index (χ3n) is 8.14. The SMILES string of the molecule is CCCCCCCCN(C)c1ccc(N=Nc2c(S(=O)(=O)c3ccccc3)c(C(C)(C)C)nn2-c2nc3ccccc3o2)c(C(F)(F)F)c1. The van der Waals surface area contributed by atoms with Crippen molar-refractivity contribution in [1.29, 1.82) is 0 Å². The van der Waals surface area contributed by atoms with Crippen LogP contribution in [0.1, 0.15) is 77.5 Å². The Morgan fingerprint density at radius 3 is 2.22 bits per heavy atom. The normalized spacial score (nSPS) is 12.7. The maximum Gasteiger partial charge on any atom is 0.418 e. The monoisotopic (exact) mass is 694 g/mol. The molecule has 0 radical (unpaired) electrons. The predicted molar refractivity (Wildman–Crippen MR) is 184 cm³/mol. The summed E-state index contributed by atoms with van der Waals surface area (Å²) in [5.41, 5.74) is -0.941. The van der Waals surface area contributed by atoms with Gasteiger partial charge >= 0.3 is 12.2 Å². The van der Waals surface area contributed by atoms with Crippen LogP contribution < -0.4 is 4.90 Å². The van der Waals surface area contributed by atoms with Crippen LogP contribution in [0.5, 0.6) is 0 Å². The smallest absolute Gasteiger partial charge is 0.418 e. The fraction of sp³-hybridized carbons (Fsp3) is 0.389. The Labute approximate surface area is 284 Å². The summed E-state index contributed by atoms with van der Waals surface area (Å²) in [5, 5.41) is 12.9. The average molecular weight is 695 g/mol. The summed E-state index contributed by atoms with van der Waals surface area (Å²) in [6.07, 6.45) is 1.65. The van der Waals surface area contributed by atoms with E-state index in [0.29, 0.717) is 23.3 Å². The van der Waals surface area contributed by atoms with E-state index in [0.717, 1.165) is 42.9 Å². The number of azo groups is 1. The third-order valence-corrected chi connectivity index (χ3v) is 9.95.